The maximum Gasteiger partial charge on any atom is 0.324 e. The molecule has 2 aromatic carbocycles. The summed E-state index contributed by atoms with van der Waals surface area (Å²) in [6.45, 7) is 3.64. The lowest BCUT2D eigenvalue weighted by Gasteiger charge is -2.14. The van der Waals surface area contributed by atoms with Gasteiger partial charge in [0.25, 0.3) is 0 Å². The Morgan fingerprint density at radius 1 is 1.18 bits per heavy atom. The molecular weight excluding hydrogens is 372 g/mol. The standard InChI is InChI=1S/C22H22N2O3S/c1-13-6-7-15(14(2)10-13)20(25)11-27-22(26)19-12-28-21(24-19)17-4-3-5-18-16(17)8-9-23-18/h3-10,19,21,23-24H,11-12H2,1-2H3/t19-,21+/m1/s1. The smallest absolute Gasteiger partial charge is 0.324 e. The summed E-state index contributed by atoms with van der Waals surface area (Å²) in [5, 5.41) is 4.50. The fraction of sp³-hybridized carbons (Fsp3) is 0.273. The maximum absolute atomic E-state index is 12.5. The van der Waals surface area contributed by atoms with Gasteiger partial charge in [-0.25, -0.2) is 0 Å². The van der Waals surface area contributed by atoms with Gasteiger partial charge in [0.1, 0.15) is 6.04 Å². The minimum absolute atomic E-state index is 0.0205. The van der Waals surface area contributed by atoms with Gasteiger partial charge in [-0.3, -0.25) is 14.9 Å². The first-order valence-corrected chi connectivity index (χ1v) is 10.3. The van der Waals surface area contributed by atoms with Gasteiger partial charge in [-0.05, 0) is 37.1 Å². The zero-order chi connectivity index (χ0) is 19.7. The molecule has 3 aromatic rings. The SMILES string of the molecule is Cc1ccc(C(=O)COC(=O)[C@H]2CS[C@@H](c3cccc4[nH]ccc34)N2)c(C)c1. The third-order valence-electron chi connectivity index (χ3n) is 5.01. The van der Waals surface area contributed by atoms with E-state index in [1.807, 2.05) is 50.4 Å². The van der Waals surface area contributed by atoms with Crippen molar-refractivity contribution in [3.63, 3.8) is 0 Å². The minimum Gasteiger partial charge on any atom is -0.456 e. The number of ketones is 1. The van der Waals surface area contributed by atoms with Crippen molar-refractivity contribution in [1.82, 2.24) is 10.3 Å². The van der Waals surface area contributed by atoms with Crippen molar-refractivity contribution in [2.75, 3.05) is 12.4 Å². The molecule has 0 amide bonds. The van der Waals surface area contributed by atoms with E-state index in [2.05, 4.69) is 16.4 Å². The molecule has 2 N–H and O–H groups in total. The Bertz CT molecular complexity index is 1040. The molecule has 1 aliphatic rings. The average Bonchev–Trinajstić information content (AvgIpc) is 3.35. The first kappa shape index (κ1) is 18.8. The number of benzene rings is 2. The number of aromatic amines is 1. The van der Waals surface area contributed by atoms with E-state index < -0.39 is 6.04 Å². The lowest BCUT2D eigenvalue weighted by molar-refractivity contribution is -0.144. The van der Waals surface area contributed by atoms with Crippen molar-refractivity contribution < 1.29 is 14.3 Å². The summed E-state index contributed by atoms with van der Waals surface area (Å²) in [5.41, 5.74) is 4.82. The second-order valence-electron chi connectivity index (χ2n) is 7.07. The van der Waals surface area contributed by atoms with Crippen LogP contribution in [0.4, 0.5) is 0 Å². The molecule has 0 saturated carbocycles. The molecule has 1 fully saturated rings. The topological polar surface area (TPSA) is 71.2 Å². The molecule has 1 saturated heterocycles. The highest BCUT2D eigenvalue weighted by molar-refractivity contribution is 7.99. The number of ether oxygens (including phenoxy) is 1. The number of thioether (sulfide) groups is 1. The number of carbonyl (C=O) groups excluding carboxylic acids is 2. The molecule has 0 spiro atoms. The van der Waals surface area contributed by atoms with Crippen molar-refractivity contribution in [3.8, 4) is 0 Å². The number of aryl methyl sites for hydroxylation is 2. The normalized spacial score (nSPS) is 19.1. The Morgan fingerprint density at radius 3 is 2.86 bits per heavy atom. The van der Waals surface area contributed by atoms with E-state index in [0.29, 0.717) is 11.3 Å². The third kappa shape index (κ3) is 3.70. The van der Waals surface area contributed by atoms with Crippen molar-refractivity contribution in [2.45, 2.75) is 25.3 Å². The van der Waals surface area contributed by atoms with E-state index in [1.165, 1.54) is 0 Å². The number of carbonyl (C=O) groups is 2. The molecule has 1 aliphatic heterocycles. The van der Waals surface area contributed by atoms with Crippen LogP contribution in [0.25, 0.3) is 10.9 Å². The summed E-state index contributed by atoms with van der Waals surface area (Å²) in [6.07, 6.45) is 1.91. The molecule has 0 radical (unpaired) electrons. The van der Waals surface area contributed by atoms with Crippen molar-refractivity contribution in [3.05, 3.63) is 70.9 Å². The molecule has 5 nitrogen and oxygen atoms in total. The van der Waals surface area contributed by atoms with E-state index in [0.717, 1.165) is 27.6 Å². The quantitative estimate of drug-likeness (QED) is 0.507. The number of rotatable bonds is 5. The highest BCUT2D eigenvalue weighted by Crippen LogP contribution is 2.36. The number of H-pyrrole nitrogens is 1. The molecule has 0 aliphatic carbocycles. The average molecular weight is 394 g/mol. The van der Waals surface area contributed by atoms with Gasteiger partial charge >= 0.3 is 5.97 Å². The minimum atomic E-state index is -0.420. The lowest BCUT2D eigenvalue weighted by Crippen LogP contribution is -2.36. The van der Waals surface area contributed by atoms with E-state index in [-0.39, 0.29) is 23.7 Å². The second-order valence-corrected chi connectivity index (χ2v) is 8.21. The van der Waals surface area contributed by atoms with Gasteiger partial charge in [-0.15, -0.1) is 11.8 Å². The Balaban J connectivity index is 1.37. The molecule has 2 heterocycles. The number of esters is 1. The highest BCUT2D eigenvalue weighted by Gasteiger charge is 2.32. The predicted octanol–water partition coefficient (Wildman–Crippen LogP) is 3.91. The van der Waals surface area contributed by atoms with Crippen LogP contribution in [0.5, 0.6) is 0 Å². The zero-order valence-corrected chi connectivity index (χ0v) is 16.6. The molecule has 0 unspecified atom stereocenters. The Morgan fingerprint density at radius 2 is 2.04 bits per heavy atom. The number of fused-ring (bicyclic) bond motifs is 1. The van der Waals surface area contributed by atoms with Crippen LogP contribution in [0.3, 0.4) is 0 Å². The summed E-state index contributed by atoms with van der Waals surface area (Å²) in [6, 6.07) is 13.4. The van der Waals surface area contributed by atoms with Gasteiger partial charge in [0.15, 0.2) is 6.61 Å². The fourth-order valence-corrected chi connectivity index (χ4v) is 4.83. The van der Waals surface area contributed by atoms with E-state index in [4.69, 9.17) is 4.74 Å². The van der Waals surface area contributed by atoms with Crippen molar-refractivity contribution >= 4 is 34.4 Å². The number of nitrogens with one attached hydrogen (secondary N) is 2. The van der Waals surface area contributed by atoms with Gasteiger partial charge < -0.3 is 9.72 Å². The predicted molar refractivity (Wildman–Crippen MR) is 112 cm³/mol. The van der Waals surface area contributed by atoms with Gasteiger partial charge in [-0.2, -0.15) is 0 Å². The van der Waals surface area contributed by atoms with E-state index in [1.54, 1.807) is 17.8 Å². The summed E-state index contributed by atoms with van der Waals surface area (Å²) < 4.78 is 5.31. The molecular formula is C22H22N2O3S. The number of Topliss-reactive ketones (excluding diaryl/α,β-unsaturated/α-hetero) is 1. The number of hydrogen-bond acceptors (Lipinski definition) is 5. The highest BCUT2D eigenvalue weighted by atomic mass is 32.2. The fourth-order valence-electron chi connectivity index (χ4n) is 3.57. The van der Waals surface area contributed by atoms with Crippen LogP contribution in [0, 0.1) is 13.8 Å². The van der Waals surface area contributed by atoms with Gasteiger partial charge in [0.05, 0.1) is 5.37 Å². The van der Waals surface area contributed by atoms with Crippen LogP contribution in [-0.2, 0) is 9.53 Å². The molecule has 144 valence electrons. The van der Waals surface area contributed by atoms with Crippen molar-refractivity contribution in [1.29, 1.82) is 0 Å². The zero-order valence-electron chi connectivity index (χ0n) is 15.8. The molecule has 6 heteroatoms. The first-order valence-electron chi connectivity index (χ1n) is 9.23. The Kier molecular flexibility index (Phi) is 5.24. The van der Waals surface area contributed by atoms with Gasteiger partial charge in [0, 0.05) is 28.4 Å². The molecule has 1 aromatic heterocycles. The third-order valence-corrected chi connectivity index (χ3v) is 6.25. The summed E-state index contributed by atoms with van der Waals surface area (Å²) >= 11 is 1.67. The Labute approximate surface area is 167 Å². The van der Waals surface area contributed by atoms with Gasteiger partial charge in [-0.1, -0.05) is 35.9 Å². The summed E-state index contributed by atoms with van der Waals surface area (Å²) in [5.74, 6) is 0.0571. The van der Waals surface area contributed by atoms with Crippen LogP contribution >= 0.6 is 11.8 Å². The van der Waals surface area contributed by atoms with Crippen LogP contribution in [-0.4, -0.2) is 35.1 Å². The number of aromatic nitrogens is 1. The van der Waals surface area contributed by atoms with Gasteiger partial charge in [0.2, 0.25) is 5.78 Å². The van der Waals surface area contributed by atoms with Crippen molar-refractivity contribution in [2.24, 2.45) is 0 Å². The monoisotopic (exact) mass is 394 g/mol. The van der Waals surface area contributed by atoms with Crippen LogP contribution in [0.2, 0.25) is 0 Å². The molecule has 28 heavy (non-hydrogen) atoms. The van der Waals surface area contributed by atoms with Crippen LogP contribution in [0.15, 0.2) is 48.7 Å². The molecule has 4 rings (SSSR count). The van der Waals surface area contributed by atoms with Crippen LogP contribution in [0.1, 0.15) is 32.4 Å². The lowest BCUT2D eigenvalue weighted by atomic mass is 10.0. The van der Waals surface area contributed by atoms with E-state index in [9.17, 15) is 9.59 Å². The maximum atomic E-state index is 12.5. The van der Waals surface area contributed by atoms with E-state index >= 15 is 0 Å². The second kappa shape index (κ2) is 7.81. The largest absolute Gasteiger partial charge is 0.456 e. The summed E-state index contributed by atoms with van der Waals surface area (Å²) in [7, 11) is 0. The molecule has 0 bridgehead atoms. The first-order chi connectivity index (χ1) is 13.5. The number of hydrogen-bond donors (Lipinski definition) is 2. The Hall–Kier alpha value is -2.57. The van der Waals surface area contributed by atoms with Crippen LogP contribution < -0.4 is 5.32 Å². The molecule has 2 atom stereocenters. The summed E-state index contributed by atoms with van der Waals surface area (Å²) in [4.78, 5) is 28.1.